The van der Waals surface area contributed by atoms with Gasteiger partial charge in [-0.3, -0.25) is 10.1 Å². The highest BCUT2D eigenvalue weighted by molar-refractivity contribution is 5.55. The summed E-state index contributed by atoms with van der Waals surface area (Å²) in [5.74, 6) is 0.808. The second kappa shape index (κ2) is 6.04. The molecule has 1 aliphatic carbocycles. The van der Waals surface area contributed by atoms with Crippen LogP contribution < -0.4 is 5.32 Å². The average molecular weight is 262 g/mol. The second-order valence-corrected chi connectivity index (χ2v) is 5.38. The van der Waals surface area contributed by atoms with E-state index in [-0.39, 0.29) is 10.6 Å². The van der Waals surface area contributed by atoms with Gasteiger partial charge in [0, 0.05) is 23.4 Å². The molecule has 0 bridgehead atoms. The van der Waals surface area contributed by atoms with Crippen LogP contribution in [0.3, 0.4) is 0 Å². The number of nitrogens with zero attached hydrogens (tertiary/aromatic N) is 1. The van der Waals surface area contributed by atoms with Crippen LogP contribution in [0.15, 0.2) is 18.2 Å². The Labute approximate surface area is 114 Å². The van der Waals surface area contributed by atoms with E-state index in [4.69, 9.17) is 0 Å². The van der Waals surface area contributed by atoms with E-state index in [9.17, 15) is 10.1 Å². The third-order valence-electron chi connectivity index (χ3n) is 4.15. The lowest BCUT2D eigenvalue weighted by molar-refractivity contribution is -0.385. The molecule has 1 aromatic rings. The third kappa shape index (κ3) is 3.25. The van der Waals surface area contributed by atoms with Crippen LogP contribution in [-0.2, 0) is 6.42 Å². The van der Waals surface area contributed by atoms with Gasteiger partial charge in [0.05, 0.1) is 4.92 Å². The molecule has 0 saturated heterocycles. The van der Waals surface area contributed by atoms with Crippen LogP contribution >= 0.6 is 0 Å². The van der Waals surface area contributed by atoms with Crippen LogP contribution in [0.4, 0.5) is 11.4 Å². The van der Waals surface area contributed by atoms with Crippen LogP contribution in [0.2, 0.25) is 0 Å². The van der Waals surface area contributed by atoms with Gasteiger partial charge in [0.1, 0.15) is 0 Å². The van der Waals surface area contributed by atoms with Gasteiger partial charge < -0.3 is 5.32 Å². The number of hydrogen-bond donors (Lipinski definition) is 1. The second-order valence-electron chi connectivity index (χ2n) is 5.38. The Hall–Kier alpha value is -1.58. The summed E-state index contributed by atoms with van der Waals surface area (Å²) in [5.41, 5.74) is 1.91. The quantitative estimate of drug-likeness (QED) is 0.640. The Morgan fingerprint density at radius 3 is 2.74 bits per heavy atom. The van der Waals surface area contributed by atoms with Crippen molar-refractivity contribution in [3.8, 4) is 0 Å². The monoisotopic (exact) mass is 262 g/mol. The molecule has 0 spiro atoms. The largest absolute Gasteiger partial charge is 0.382 e. The van der Waals surface area contributed by atoms with E-state index >= 15 is 0 Å². The van der Waals surface area contributed by atoms with Crippen LogP contribution in [0.5, 0.6) is 0 Å². The third-order valence-corrected chi connectivity index (χ3v) is 4.15. The van der Waals surface area contributed by atoms with E-state index in [1.165, 1.54) is 25.7 Å². The Morgan fingerprint density at radius 1 is 1.37 bits per heavy atom. The Bertz CT molecular complexity index is 459. The predicted molar refractivity (Wildman–Crippen MR) is 77.5 cm³/mol. The lowest BCUT2D eigenvalue weighted by Crippen LogP contribution is -2.15. The fourth-order valence-corrected chi connectivity index (χ4v) is 2.94. The molecule has 2 unspecified atom stereocenters. The van der Waals surface area contributed by atoms with Crippen LogP contribution in [0.25, 0.3) is 0 Å². The van der Waals surface area contributed by atoms with Crippen molar-refractivity contribution in [3.05, 3.63) is 33.9 Å². The number of benzene rings is 1. The molecule has 0 radical (unpaired) electrons. The molecule has 104 valence electrons. The summed E-state index contributed by atoms with van der Waals surface area (Å²) >= 11 is 0. The first-order valence-corrected chi connectivity index (χ1v) is 7.17. The molecule has 2 rings (SSSR count). The first kappa shape index (κ1) is 13.8. The molecule has 1 saturated carbocycles. The van der Waals surface area contributed by atoms with Crippen molar-refractivity contribution >= 4 is 11.4 Å². The van der Waals surface area contributed by atoms with Crippen LogP contribution in [0, 0.1) is 16.0 Å². The maximum atomic E-state index is 11.0. The molecule has 19 heavy (non-hydrogen) atoms. The zero-order chi connectivity index (χ0) is 13.8. The van der Waals surface area contributed by atoms with E-state index in [1.807, 2.05) is 19.1 Å². The maximum absolute atomic E-state index is 11.0. The van der Waals surface area contributed by atoms with Crippen molar-refractivity contribution in [2.75, 3.05) is 5.32 Å². The molecule has 2 atom stereocenters. The van der Waals surface area contributed by atoms with Crippen molar-refractivity contribution in [3.63, 3.8) is 0 Å². The zero-order valence-corrected chi connectivity index (χ0v) is 11.7. The molecule has 1 aliphatic rings. The highest BCUT2D eigenvalue weighted by atomic mass is 16.6. The number of nitrogens with one attached hydrogen (secondary N) is 1. The molecule has 0 heterocycles. The number of aryl methyl sites for hydroxylation is 1. The summed E-state index contributed by atoms with van der Waals surface area (Å²) in [5, 5.41) is 14.5. The molecular formula is C15H22N2O2. The summed E-state index contributed by atoms with van der Waals surface area (Å²) in [4.78, 5) is 10.8. The van der Waals surface area contributed by atoms with Gasteiger partial charge in [-0.2, -0.15) is 0 Å². The van der Waals surface area contributed by atoms with Gasteiger partial charge >= 0.3 is 0 Å². The summed E-state index contributed by atoms with van der Waals surface area (Å²) < 4.78 is 0. The van der Waals surface area contributed by atoms with Crippen molar-refractivity contribution < 1.29 is 4.92 Å². The maximum Gasteiger partial charge on any atom is 0.274 e. The van der Waals surface area contributed by atoms with Crippen LogP contribution in [0.1, 0.15) is 45.1 Å². The van der Waals surface area contributed by atoms with Crippen molar-refractivity contribution in [1.82, 2.24) is 0 Å². The van der Waals surface area contributed by atoms with E-state index < -0.39 is 0 Å². The van der Waals surface area contributed by atoms with Gasteiger partial charge in [-0.15, -0.1) is 0 Å². The Morgan fingerprint density at radius 2 is 2.16 bits per heavy atom. The summed E-state index contributed by atoms with van der Waals surface area (Å²) in [6.45, 7) is 4.17. The van der Waals surface area contributed by atoms with Crippen molar-refractivity contribution in [2.45, 2.75) is 52.0 Å². The van der Waals surface area contributed by atoms with Gasteiger partial charge in [0.2, 0.25) is 0 Å². The van der Waals surface area contributed by atoms with Gasteiger partial charge in [-0.25, -0.2) is 0 Å². The molecule has 4 heteroatoms. The number of rotatable bonds is 5. The number of nitro benzene ring substituents is 1. The van der Waals surface area contributed by atoms with Crippen molar-refractivity contribution in [1.29, 1.82) is 0 Å². The van der Waals surface area contributed by atoms with Gasteiger partial charge in [-0.05, 0) is 37.7 Å². The zero-order valence-electron chi connectivity index (χ0n) is 11.7. The lowest BCUT2D eigenvalue weighted by Gasteiger charge is -2.14. The summed E-state index contributed by atoms with van der Waals surface area (Å²) in [7, 11) is 0. The fraction of sp³-hybridized carbons (Fsp3) is 0.600. The van der Waals surface area contributed by atoms with Gasteiger partial charge in [-0.1, -0.05) is 26.3 Å². The summed E-state index contributed by atoms with van der Waals surface area (Å²) in [6, 6.07) is 5.98. The first-order valence-electron chi connectivity index (χ1n) is 7.17. The first-order chi connectivity index (χ1) is 9.13. The highest BCUT2D eigenvalue weighted by Crippen LogP contribution is 2.31. The molecule has 1 fully saturated rings. The molecule has 0 aliphatic heterocycles. The molecule has 1 aromatic carbocycles. The van der Waals surface area contributed by atoms with Gasteiger partial charge in [0.15, 0.2) is 0 Å². The highest BCUT2D eigenvalue weighted by Gasteiger charge is 2.23. The van der Waals surface area contributed by atoms with Crippen molar-refractivity contribution in [2.24, 2.45) is 5.92 Å². The number of hydrogen-bond acceptors (Lipinski definition) is 3. The Balaban J connectivity index is 2.09. The number of nitro groups is 1. The molecule has 0 amide bonds. The normalized spacial score (nSPS) is 22.4. The van der Waals surface area contributed by atoms with E-state index in [0.29, 0.717) is 12.5 Å². The standard InChI is InChI=1S/C15H22N2O2/c1-3-11-5-7-13(9-11)16-14-8-6-12(4-2)15(10-14)17(18)19/h6,8,10-11,13,16H,3-5,7,9H2,1-2H3. The smallest absolute Gasteiger partial charge is 0.274 e. The minimum atomic E-state index is -0.284. The van der Waals surface area contributed by atoms with E-state index in [2.05, 4.69) is 12.2 Å². The van der Waals surface area contributed by atoms with Crippen LogP contribution in [-0.4, -0.2) is 11.0 Å². The molecule has 0 aromatic heterocycles. The average Bonchev–Trinajstić information content (AvgIpc) is 2.86. The topological polar surface area (TPSA) is 55.2 Å². The lowest BCUT2D eigenvalue weighted by atomic mass is 10.1. The summed E-state index contributed by atoms with van der Waals surface area (Å²) in [6.07, 6.45) is 5.54. The molecular weight excluding hydrogens is 240 g/mol. The number of anilines is 1. The van der Waals surface area contributed by atoms with E-state index in [1.54, 1.807) is 6.07 Å². The Kier molecular flexibility index (Phi) is 4.40. The molecule has 1 N–H and O–H groups in total. The molecule has 4 nitrogen and oxygen atoms in total. The minimum Gasteiger partial charge on any atom is -0.382 e. The minimum absolute atomic E-state index is 0.234. The SMILES string of the molecule is CCc1ccc(NC2CCC(CC)C2)cc1[N+](=O)[O-]. The van der Waals surface area contributed by atoms with Gasteiger partial charge in [0.25, 0.3) is 5.69 Å². The predicted octanol–water partition coefficient (Wildman–Crippen LogP) is 4.15. The fourth-order valence-electron chi connectivity index (χ4n) is 2.94. The van der Waals surface area contributed by atoms with E-state index in [0.717, 1.165) is 17.2 Å².